The van der Waals surface area contributed by atoms with Crippen LogP contribution in [0.5, 0.6) is 0 Å². The van der Waals surface area contributed by atoms with E-state index in [0.717, 1.165) is 25.2 Å². The Hall–Kier alpha value is -4.03. The second-order valence-corrected chi connectivity index (χ2v) is 8.29. The largest absolute Gasteiger partial charge is 0.302 e. The second kappa shape index (κ2) is 10.7. The molecule has 1 fully saturated rings. The van der Waals surface area contributed by atoms with Gasteiger partial charge in [0.15, 0.2) is 0 Å². The van der Waals surface area contributed by atoms with Crippen molar-refractivity contribution in [2.75, 3.05) is 30.3 Å². The lowest BCUT2D eigenvalue weighted by Gasteiger charge is -2.30. The van der Waals surface area contributed by atoms with Crippen LogP contribution in [0.1, 0.15) is 35.2 Å². The molecule has 1 aliphatic heterocycles. The number of anilines is 2. The molecule has 34 heavy (non-hydrogen) atoms. The number of para-hydroxylation sites is 1. The van der Waals surface area contributed by atoms with Crippen molar-refractivity contribution < 1.29 is 9.59 Å². The Labute approximate surface area is 198 Å². The molecule has 4 rings (SSSR count). The van der Waals surface area contributed by atoms with Crippen LogP contribution in [0.15, 0.2) is 54.6 Å². The van der Waals surface area contributed by atoms with E-state index in [-0.39, 0.29) is 29.6 Å². The molecule has 1 saturated heterocycles. The first-order valence-corrected chi connectivity index (χ1v) is 11.3. The van der Waals surface area contributed by atoms with Gasteiger partial charge in [-0.05, 0) is 56.6 Å². The normalized spacial score (nSPS) is 14.4. The molecule has 0 aliphatic carbocycles. The highest BCUT2D eigenvalue weighted by Gasteiger charge is 2.26. The molecule has 2 aromatic carbocycles. The van der Waals surface area contributed by atoms with E-state index in [0.29, 0.717) is 30.5 Å². The Bertz CT molecular complexity index is 1190. The fraction of sp³-hybridized carbons (Fsp3) is 0.320. The average molecular weight is 458 g/mol. The third-order valence-electron chi connectivity index (χ3n) is 5.96. The van der Waals surface area contributed by atoms with E-state index in [1.807, 2.05) is 49.4 Å². The molecule has 174 valence electrons. The van der Waals surface area contributed by atoms with Crippen molar-refractivity contribution in [2.24, 2.45) is 5.92 Å². The molecule has 2 N–H and O–H groups in total. The monoisotopic (exact) mass is 457 g/mol. The van der Waals surface area contributed by atoms with Crippen LogP contribution in [0, 0.1) is 24.2 Å². The number of piperidine rings is 1. The number of carbonyl (C=O) groups is 2. The lowest BCUT2D eigenvalue weighted by molar-refractivity contribution is -0.121. The first-order valence-electron chi connectivity index (χ1n) is 11.3. The van der Waals surface area contributed by atoms with Crippen LogP contribution in [0.2, 0.25) is 0 Å². The van der Waals surface area contributed by atoms with Crippen molar-refractivity contribution >= 4 is 23.7 Å². The number of likely N-dealkylation sites (tertiary alicyclic amines) is 1. The van der Waals surface area contributed by atoms with Crippen LogP contribution in [0.25, 0.3) is 5.69 Å². The summed E-state index contributed by atoms with van der Waals surface area (Å²) in [5.74, 6) is -0.221. The molecule has 0 atom stereocenters. The highest BCUT2D eigenvalue weighted by atomic mass is 16.2. The molecule has 2 heterocycles. The van der Waals surface area contributed by atoms with E-state index >= 15 is 0 Å². The number of nitriles is 1. The summed E-state index contributed by atoms with van der Waals surface area (Å²) in [6.45, 7) is 4.17. The molecule has 9 heteroatoms. The van der Waals surface area contributed by atoms with Gasteiger partial charge in [0.1, 0.15) is 0 Å². The van der Waals surface area contributed by atoms with Crippen LogP contribution in [-0.2, 0) is 4.79 Å². The quantitative estimate of drug-likeness (QED) is 0.562. The zero-order valence-corrected chi connectivity index (χ0v) is 19.1. The van der Waals surface area contributed by atoms with Crippen LogP contribution in [-0.4, -0.2) is 51.1 Å². The van der Waals surface area contributed by atoms with Gasteiger partial charge in [0, 0.05) is 24.4 Å². The van der Waals surface area contributed by atoms with Gasteiger partial charge in [0.05, 0.1) is 11.8 Å². The highest BCUT2D eigenvalue weighted by molar-refractivity contribution is 6.04. The summed E-state index contributed by atoms with van der Waals surface area (Å²) < 4.78 is 1.51. The first kappa shape index (κ1) is 23.1. The van der Waals surface area contributed by atoms with Crippen molar-refractivity contribution in [3.63, 3.8) is 0 Å². The van der Waals surface area contributed by atoms with Gasteiger partial charge in [-0.15, -0.1) is 5.10 Å². The van der Waals surface area contributed by atoms with Gasteiger partial charge in [0.25, 0.3) is 11.9 Å². The maximum atomic E-state index is 12.9. The summed E-state index contributed by atoms with van der Waals surface area (Å²) in [6, 6.07) is 18.8. The smallest absolute Gasteiger partial charge is 0.258 e. The predicted molar refractivity (Wildman–Crippen MR) is 129 cm³/mol. The number of benzene rings is 2. The fourth-order valence-corrected chi connectivity index (χ4v) is 4.03. The van der Waals surface area contributed by atoms with Crippen molar-refractivity contribution in [3.8, 4) is 11.8 Å². The van der Waals surface area contributed by atoms with E-state index in [9.17, 15) is 9.59 Å². The van der Waals surface area contributed by atoms with Crippen molar-refractivity contribution in [2.45, 2.75) is 26.2 Å². The van der Waals surface area contributed by atoms with Gasteiger partial charge < -0.3 is 4.90 Å². The van der Waals surface area contributed by atoms with Crippen LogP contribution >= 0.6 is 0 Å². The molecule has 0 radical (unpaired) electrons. The summed E-state index contributed by atoms with van der Waals surface area (Å²) >= 11 is 0. The van der Waals surface area contributed by atoms with Gasteiger partial charge in [-0.1, -0.05) is 36.4 Å². The zero-order valence-electron chi connectivity index (χ0n) is 19.1. The van der Waals surface area contributed by atoms with Crippen molar-refractivity contribution in [1.29, 1.82) is 5.26 Å². The number of carbonyl (C=O) groups excluding carboxylic acids is 2. The number of aryl methyl sites for hydroxylation is 1. The van der Waals surface area contributed by atoms with Gasteiger partial charge in [-0.25, -0.2) is 0 Å². The Kier molecular flexibility index (Phi) is 7.30. The third-order valence-corrected chi connectivity index (χ3v) is 5.96. The molecule has 1 aliphatic rings. The minimum atomic E-state index is -0.301. The third kappa shape index (κ3) is 5.47. The average Bonchev–Trinajstić information content (AvgIpc) is 3.25. The Balaban J connectivity index is 1.50. The van der Waals surface area contributed by atoms with Crippen LogP contribution < -0.4 is 10.6 Å². The van der Waals surface area contributed by atoms with E-state index in [2.05, 4.69) is 31.7 Å². The van der Waals surface area contributed by atoms with Crippen LogP contribution in [0.3, 0.4) is 0 Å². The fourth-order valence-electron chi connectivity index (χ4n) is 4.03. The number of rotatable bonds is 7. The number of hydrogen-bond acceptors (Lipinski definition) is 6. The molecule has 3 aromatic rings. The zero-order chi connectivity index (χ0) is 23.9. The molecular formula is C25H27N7O2. The lowest BCUT2D eigenvalue weighted by Crippen LogP contribution is -2.38. The number of aromatic nitrogens is 3. The number of hydrogen-bond donors (Lipinski definition) is 2. The second-order valence-electron chi connectivity index (χ2n) is 8.29. The molecule has 0 saturated carbocycles. The molecule has 0 spiro atoms. The first-order chi connectivity index (χ1) is 16.5. The standard InChI is InChI=1S/C25H27N7O2/c1-18-8-5-6-11-21(18)23(34)28-25-29-24(30-32(25)20-9-3-2-4-10-20)27-22(33)19-12-16-31(17-13-19)15-7-14-26/h2-6,8-11,19H,7,12-13,15-17H2,1H3,(H2,27,28,29,30,33,34). The minimum absolute atomic E-state index is 0.137. The summed E-state index contributed by atoms with van der Waals surface area (Å²) in [5, 5.41) is 18.9. The SMILES string of the molecule is Cc1ccccc1C(=O)Nc1nc(NC(=O)C2CCN(CCC#N)CC2)nn1-c1ccccc1. The van der Waals surface area contributed by atoms with E-state index in [4.69, 9.17) is 5.26 Å². The Morgan fingerprint density at radius 1 is 1.06 bits per heavy atom. The number of amides is 2. The van der Waals surface area contributed by atoms with Gasteiger partial charge in [-0.3, -0.25) is 20.2 Å². The molecular weight excluding hydrogens is 430 g/mol. The van der Waals surface area contributed by atoms with E-state index in [1.165, 1.54) is 4.68 Å². The van der Waals surface area contributed by atoms with Gasteiger partial charge in [-0.2, -0.15) is 14.9 Å². The summed E-state index contributed by atoms with van der Waals surface area (Å²) in [6.07, 6.45) is 1.93. The number of nitrogens with zero attached hydrogens (tertiary/aromatic N) is 5. The topological polar surface area (TPSA) is 116 Å². The van der Waals surface area contributed by atoms with Gasteiger partial charge >= 0.3 is 0 Å². The molecule has 0 unspecified atom stereocenters. The van der Waals surface area contributed by atoms with Crippen molar-refractivity contribution in [3.05, 3.63) is 65.7 Å². The molecule has 1 aromatic heterocycles. The minimum Gasteiger partial charge on any atom is -0.302 e. The lowest BCUT2D eigenvalue weighted by atomic mass is 9.96. The predicted octanol–water partition coefficient (Wildman–Crippen LogP) is 3.39. The maximum Gasteiger partial charge on any atom is 0.258 e. The van der Waals surface area contributed by atoms with Gasteiger partial charge in [0.2, 0.25) is 11.9 Å². The summed E-state index contributed by atoms with van der Waals surface area (Å²) in [7, 11) is 0. The van der Waals surface area contributed by atoms with E-state index in [1.54, 1.807) is 12.1 Å². The molecule has 2 amide bonds. The Morgan fingerprint density at radius 3 is 2.47 bits per heavy atom. The summed E-state index contributed by atoms with van der Waals surface area (Å²) in [4.78, 5) is 32.4. The highest BCUT2D eigenvalue weighted by Crippen LogP contribution is 2.21. The Morgan fingerprint density at radius 2 is 1.76 bits per heavy atom. The van der Waals surface area contributed by atoms with Crippen molar-refractivity contribution in [1.82, 2.24) is 19.7 Å². The molecule has 0 bridgehead atoms. The number of nitrogens with one attached hydrogen (secondary N) is 2. The summed E-state index contributed by atoms with van der Waals surface area (Å²) in [5.41, 5.74) is 2.10. The maximum absolute atomic E-state index is 12.9. The van der Waals surface area contributed by atoms with E-state index < -0.39 is 0 Å². The van der Waals surface area contributed by atoms with Crippen LogP contribution in [0.4, 0.5) is 11.9 Å². The molecule has 9 nitrogen and oxygen atoms in total.